The molecule has 3 aromatic carbocycles. The van der Waals surface area contributed by atoms with Crippen LogP contribution in [0, 0.1) is 0 Å². The van der Waals surface area contributed by atoms with Gasteiger partial charge in [-0.2, -0.15) is 0 Å². The third-order valence-electron chi connectivity index (χ3n) is 6.64. The molecule has 4 rings (SSSR count). The maximum absolute atomic E-state index is 13.5. The van der Waals surface area contributed by atoms with E-state index in [0.29, 0.717) is 13.1 Å². The minimum atomic E-state index is -1.27. The van der Waals surface area contributed by atoms with E-state index < -0.39 is 11.5 Å². The first kappa shape index (κ1) is 24.4. The zero-order valence-corrected chi connectivity index (χ0v) is 21.7. The second-order valence-electron chi connectivity index (χ2n) is 8.20. The molecule has 0 amide bonds. The number of likely N-dealkylation sites (N-methyl/N-ethyl adjacent to an activating group) is 2. The normalized spacial score (nSPS) is 20.1. The summed E-state index contributed by atoms with van der Waals surface area (Å²) in [6.45, 7) is 5.41. The Morgan fingerprint density at radius 3 is 1.94 bits per heavy atom. The number of nitrogens with zero attached hydrogens (tertiary/aromatic N) is 2. The smallest absolute Gasteiger partial charge is 0.362 e. The zero-order valence-electron chi connectivity index (χ0n) is 20.1. The molecule has 3 aromatic rings. The van der Waals surface area contributed by atoms with Crippen LogP contribution in [-0.4, -0.2) is 52.0 Å². The fourth-order valence-electron chi connectivity index (χ4n) is 5.18. The first-order valence-electron chi connectivity index (χ1n) is 11.5. The van der Waals surface area contributed by atoms with Gasteiger partial charge in [-0.25, -0.2) is 14.3 Å². The number of aliphatic carboxylic acids is 1. The van der Waals surface area contributed by atoms with Crippen molar-refractivity contribution in [3.05, 3.63) is 95.6 Å². The second-order valence-corrected chi connectivity index (χ2v) is 9.95. The number of carboxylic acid groups (broad SMARTS) is 1. The average Bonchev–Trinajstić information content (AvgIpc) is 3.20. The Morgan fingerprint density at radius 2 is 1.47 bits per heavy atom. The predicted octanol–water partition coefficient (Wildman–Crippen LogP) is 5.97. The van der Waals surface area contributed by atoms with Crippen molar-refractivity contribution in [2.45, 2.75) is 35.2 Å². The van der Waals surface area contributed by atoms with E-state index in [1.54, 1.807) is 23.5 Å². The number of hydrogen-bond acceptors (Lipinski definition) is 4. The molecule has 2 unspecified atom stereocenters. The van der Waals surface area contributed by atoms with Crippen LogP contribution in [0.2, 0.25) is 0 Å². The molecule has 0 saturated heterocycles. The van der Waals surface area contributed by atoms with Crippen LogP contribution in [0.25, 0.3) is 0 Å². The van der Waals surface area contributed by atoms with E-state index in [4.69, 9.17) is 0 Å². The first-order chi connectivity index (χ1) is 16.5. The lowest BCUT2D eigenvalue weighted by atomic mass is 9.78. The molecule has 0 fully saturated rings. The Labute approximate surface area is 210 Å². The number of rotatable bonds is 8. The molecule has 0 spiro atoms. The van der Waals surface area contributed by atoms with Crippen molar-refractivity contribution in [2.75, 3.05) is 25.6 Å². The van der Waals surface area contributed by atoms with E-state index in [1.807, 2.05) is 55.6 Å². The average molecular weight is 492 g/mol. The van der Waals surface area contributed by atoms with Crippen molar-refractivity contribution in [3.8, 4) is 0 Å². The lowest BCUT2D eigenvalue weighted by Crippen LogP contribution is -2.54. The highest BCUT2D eigenvalue weighted by molar-refractivity contribution is 7.98. The maximum atomic E-state index is 13.5. The fraction of sp³-hybridized carbons (Fsp3) is 0.286. The Morgan fingerprint density at radius 1 is 0.912 bits per heavy atom. The van der Waals surface area contributed by atoms with Gasteiger partial charge in [0.05, 0.1) is 18.7 Å². The van der Waals surface area contributed by atoms with Gasteiger partial charge in [-0.05, 0) is 62.8 Å². The second kappa shape index (κ2) is 10.3. The van der Waals surface area contributed by atoms with Crippen LogP contribution in [0.5, 0.6) is 0 Å². The molecule has 1 heterocycles. The van der Waals surface area contributed by atoms with Gasteiger partial charge in [0.15, 0.2) is 6.04 Å². The molecule has 176 valence electrons. The van der Waals surface area contributed by atoms with Gasteiger partial charge in [0, 0.05) is 20.9 Å². The molecule has 4 nitrogen and oxygen atoms in total. The van der Waals surface area contributed by atoms with Crippen molar-refractivity contribution in [3.63, 3.8) is 0 Å². The lowest BCUT2D eigenvalue weighted by Gasteiger charge is -2.34. The van der Waals surface area contributed by atoms with Crippen LogP contribution in [0.4, 0.5) is 0 Å². The quantitative estimate of drug-likeness (QED) is 0.311. The van der Waals surface area contributed by atoms with Gasteiger partial charge < -0.3 is 5.11 Å². The molecule has 6 heteroatoms. The molecule has 34 heavy (non-hydrogen) atoms. The van der Waals surface area contributed by atoms with Gasteiger partial charge in [-0.1, -0.05) is 42.5 Å². The van der Waals surface area contributed by atoms with Gasteiger partial charge in [-0.3, -0.25) is 0 Å². The summed E-state index contributed by atoms with van der Waals surface area (Å²) in [7, 11) is 0. The summed E-state index contributed by atoms with van der Waals surface area (Å²) in [6.07, 6.45) is 4.09. The first-order valence-corrected chi connectivity index (χ1v) is 14.0. The van der Waals surface area contributed by atoms with E-state index in [1.165, 1.54) is 0 Å². The van der Waals surface area contributed by atoms with Crippen molar-refractivity contribution < 1.29 is 14.5 Å². The molecule has 1 aliphatic rings. The summed E-state index contributed by atoms with van der Waals surface area (Å²) in [6, 6.07) is 26.2. The van der Waals surface area contributed by atoms with Gasteiger partial charge >= 0.3 is 5.97 Å². The van der Waals surface area contributed by atoms with Gasteiger partial charge in [0.25, 0.3) is 11.4 Å². The van der Waals surface area contributed by atoms with Gasteiger partial charge in [-0.15, -0.1) is 23.5 Å². The molecular formula is C28H31N2O2S2+. The van der Waals surface area contributed by atoms with Crippen LogP contribution < -0.4 is 0 Å². The Bertz CT molecular complexity index is 1180. The van der Waals surface area contributed by atoms with E-state index >= 15 is 0 Å². The van der Waals surface area contributed by atoms with Crippen molar-refractivity contribution >= 4 is 35.3 Å². The summed E-state index contributed by atoms with van der Waals surface area (Å²) in [5.74, 6) is 0.121. The Kier molecular flexibility index (Phi) is 7.39. The van der Waals surface area contributed by atoms with Gasteiger partial charge in [0.1, 0.15) is 0 Å². The molecule has 1 aliphatic heterocycles. The standard InChI is InChI=1S/C28H30N2O2S2/c1-5-29-25(20-12-16-23(33-3)17-13-20)28(27(31)32,22-14-18-24(34-4)19-15-22)30(6-2)26(29)21-10-8-7-9-11-21/h7-19,25H,5-6H2,1-4H3/p+1. The predicted molar refractivity (Wildman–Crippen MR) is 142 cm³/mol. The maximum Gasteiger partial charge on any atom is 0.362 e. The number of amidine groups is 1. The molecule has 0 aromatic heterocycles. The Balaban J connectivity index is 2.06. The Hall–Kier alpha value is -2.70. The van der Waals surface area contributed by atoms with Crippen LogP contribution in [-0.2, 0) is 10.3 Å². The minimum absolute atomic E-state index is 0.388. The number of carboxylic acids is 1. The molecule has 0 radical (unpaired) electrons. The van der Waals surface area contributed by atoms with Crippen LogP contribution in [0.15, 0.2) is 88.7 Å². The fourth-order valence-corrected chi connectivity index (χ4v) is 6.00. The summed E-state index contributed by atoms with van der Waals surface area (Å²) in [5.41, 5.74) is 1.55. The molecule has 1 N–H and O–H groups in total. The van der Waals surface area contributed by atoms with Crippen LogP contribution in [0.3, 0.4) is 0 Å². The topological polar surface area (TPSA) is 43.5 Å². The van der Waals surface area contributed by atoms with E-state index in [2.05, 4.69) is 59.1 Å². The third kappa shape index (κ3) is 3.93. The molecule has 0 aliphatic carbocycles. The minimum Gasteiger partial charge on any atom is -0.477 e. The number of carbonyl (C=O) groups is 1. The number of thioether (sulfide) groups is 2. The zero-order chi connectivity index (χ0) is 24.3. The van der Waals surface area contributed by atoms with Crippen LogP contribution >= 0.6 is 23.5 Å². The van der Waals surface area contributed by atoms with E-state index in [9.17, 15) is 9.90 Å². The molecular weight excluding hydrogens is 460 g/mol. The molecule has 0 bridgehead atoms. The summed E-state index contributed by atoms with van der Waals surface area (Å²) in [4.78, 5) is 17.9. The van der Waals surface area contributed by atoms with Gasteiger partial charge in [0.2, 0.25) is 0 Å². The van der Waals surface area contributed by atoms with Crippen LogP contribution in [0.1, 0.15) is 36.6 Å². The monoisotopic (exact) mass is 491 g/mol. The highest BCUT2D eigenvalue weighted by atomic mass is 32.2. The van der Waals surface area contributed by atoms with Crippen molar-refractivity contribution in [2.24, 2.45) is 0 Å². The van der Waals surface area contributed by atoms with Crippen molar-refractivity contribution in [1.29, 1.82) is 0 Å². The number of benzene rings is 3. The molecule has 0 saturated carbocycles. The third-order valence-corrected chi connectivity index (χ3v) is 8.12. The van der Waals surface area contributed by atoms with Crippen molar-refractivity contribution in [1.82, 2.24) is 4.90 Å². The summed E-state index contributed by atoms with van der Waals surface area (Å²) < 4.78 is 2.27. The SMILES string of the molecule is CCN1C(c2ccccc2)=[N+](CC)C(c2ccc(SC)cc2)C1(C(=O)O)c1ccc(SC)cc1. The number of hydrogen-bond donors (Lipinski definition) is 1. The molecule has 2 atom stereocenters. The summed E-state index contributed by atoms with van der Waals surface area (Å²) in [5, 5.41) is 11.1. The lowest BCUT2D eigenvalue weighted by molar-refractivity contribution is -0.567. The highest BCUT2D eigenvalue weighted by Gasteiger charge is 2.66. The van der Waals surface area contributed by atoms with E-state index in [-0.39, 0.29) is 6.04 Å². The van der Waals surface area contributed by atoms with E-state index in [0.717, 1.165) is 32.3 Å². The largest absolute Gasteiger partial charge is 0.477 e. The highest BCUT2D eigenvalue weighted by Crippen LogP contribution is 2.49. The summed E-state index contributed by atoms with van der Waals surface area (Å²) >= 11 is 3.35.